The van der Waals surface area contributed by atoms with E-state index < -0.39 is 6.67 Å². The lowest BCUT2D eigenvalue weighted by atomic mass is 10.1. The van der Waals surface area contributed by atoms with Gasteiger partial charge in [-0.2, -0.15) is 0 Å². The van der Waals surface area contributed by atoms with E-state index in [-0.39, 0.29) is 6.54 Å². The molecule has 0 fully saturated rings. The van der Waals surface area contributed by atoms with Crippen LogP contribution in [-0.4, -0.2) is 5.21 Å². The van der Waals surface area contributed by atoms with E-state index in [1.807, 2.05) is 5.48 Å². The summed E-state index contributed by atoms with van der Waals surface area (Å²) in [6.07, 6.45) is 0. The SMILES string of the molecule is ONCc1cccc(Cl)c1CF. The van der Waals surface area contributed by atoms with Crippen LogP contribution in [0.2, 0.25) is 5.02 Å². The highest BCUT2D eigenvalue weighted by molar-refractivity contribution is 6.31. The van der Waals surface area contributed by atoms with Crippen molar-refractivity contribution in [1.82, 2.24) is 5.48 Å². The van der Waals surface area contributed by atoms with E-state index in [9.17, 15) is 4.39 Å². The molecule has 0 aliphatic heterocycles. The molecule has 0 saturated carbocycles. The van der Waals surface area contributed by atoms with Crippen LogP contribution in [0, 0.1) is 0 Å². The highest BCUT2D eigenvalue weighted by Crippen LogP contribution is 2.20. The Bertz CT molecular complexity index is 267. The number of alkyl halides is 1. The van der Waals surface area contributed by atoms with Crippen molar-refractivity contribution < 1.29 is 9.60 Å². The van der Waals surface area contributed by atoms with Gasteiger partial charge in [-0.25, -0.2) is 9.87 Å². The second kappa shape index (κ2) is 4.40. The molecule has 0 heterocycles. The molecule has 4 heteroatoms. The number of hydrogen-bond acceptors (Lipinski definition) is 2. The smallest absolute Gasteiger partial charge is 0.116 e. The molecule has 0 unspecified atom stereocenters. The lowest BCUT2D eigenvalue weighted by Crippen LogP contribution is -2.08. The number of hydrogen-bond donors (Lipinski definition) is 2. The minimum Gasteiger partial charge on any atom is -0.316 e. The fourth-order valence-corrected chi connectivity index (χ4v) is 1.25. The molecule has 1 aromatic carbocycles. The third-order valence-electron chi connectivity index (χ3n) is 1.62. The van der Waals surface area contributed by atoms with Crippen LogP contribution in [0.25, 0.3) is 0 Å². The summed E-state index contributed by atoms with van der Waals surface area (Å²) >= 11 is 5.72. The third kappa shape index (κ3) is 1.94. The van der Waals surface area contributed by atoms with Crippen molar-refractivity contribution >= 4 is 11.6 Å². The summed E-state index contributed by atoms with van der Waals surface area (Å²) in [6, 6.07) is 5.05. The zero-order valence-electron chi connectivity index (χ0n) is 6.35. The van der Waals surface area contributed by atoms with Crippen LogP contribution in [0.1, 0.15) is 11.1 Å². The van der Waals surface area contributed by atoms with E-state index >= 15 is 0 Å². The summed E-state index contributed by atoms with van der Waals surface area (Å²) in [5.74, 6) is 0. The van der Waals surface area contributed by atoms with E-state index in [0.717, 1.165) is 0 Å². The normalized spacial score (nSPS) is 10.2. The van der Waals surface area contributed by atoms with Gasteiger partial charge in [-0.15, -0.1) is 0 Å². The molecule has 0 bridgehead atoms. The van der Waals surface area contributed by atoms with Crippen LogP contribution in [0.15, 0.2) is 18.2 Å². The monoisotopic (exact) mass is 189 g/mol. The van der Waals surface area contributed by atoms with Crippen LogP contribution in [-0.2, 0) is 13.2 Å². The molecule has 1 aromatic rings. The number of halogens is 2. The standard InChI is InChI=1S/C8H9ClFNO/c9-8-3-1-2-6(5-11-12)7(8)4-10/h1-3,11-12H,4-5H2. The van der Waals surface area contributed by atoms with Crippen LogP contribution in [0.4, 0.5) is 4.39 Å². The molecular weight excluding hydrogens is 181 g/mol. The number of rotatable bonds is 3. The van der Waals surface area contributed by atoms with Crippen LogP contribution in [0.5, 0.6) is 0 Å². The topological polar surface area (TPSA) is 32.3 Å². The molecule has 0 atom stereocenters. The number of hydroxylamine groups is 1. The van der Waals surface area contributed by atoms with Crippen molar-refractivity contribution in [3.8, 4) is 0 Å². The van der Waals surface area contributed by atoms with Gasteiger partial charge in [0.15, 0.2) is 0 Å². The summed E-state index contributed by atoms with van der Waals surface area (Å²) < 4.78 is 12.4. The van der Waals surface area contributed by atoms with Gasteiger partial charge in [0, 0.05) is 17.1 Å². The first-order valence-corrected chi connectivity index (χ1v) is 3.86. The summed E-state index contributed by atoms with van der Waals surface area (Å²) in [4.78, 5) is 0. The van der Waals surface area contributed by atoms with E-state index in [2.05, 4.69) is 0 Å². The van der Waals surface area contributed by atoms with Gasteiger partial charge in [-0.3, -0.25) is 0 Å². The van der Waals surface area contributed by atoms with Gasteiger partial charge in [0.05, 0.1) is 0 Å². The average molecular weight is 190 g/mol. The van der Waals surface area contributed by atoms with Gasteiger partial charge in [-0.1, -0.05) is 23.7 Å². The van der Waals surface area contributed by atoms with E-state index in [0.29, 0.717) is 16.1 Å². The summed E-state index contributed by atoms with van der Waals surface area (Å²) in [7, 11) is 0. The van der Waals surface area contributed by atoms with Gasteiger partial charge in [0.1, 0.15) is 6.67 Å². The van der Waals surface area contributed by atoms with Crippen molar-refractivity contribution in [2.75, 3.05) is 0 Å². The largest absolute Gasteiger partial charge is 0.316 e. The fraction of sp³-hybridized carbons (Fsp3) is 0.250. The Hall–Kier alpha value is -0.640. The molecule has 2 nitrogen and oxygen atoms in total. The van der Waals surface area contributed by atoms with Gasteiger partial charge in [-0.05, 0) is 11.6 Å². The highest BCUT2D eigenvalue weighted by Gasteiger charge is 2.05. The second-order valence-corrected chi connectivity index (χ2v) is 2.75. The maximum Gasteiger partial charge on any atom is 0.116 e. The molecule has 2 N–H and O–H groups in total. The van der Waals surface area contributed by atoms with Crippen molar-refractivity contribution in [2.24, 2.45) is 0 Å². The average Bonchev–Trinajstić information content (AvgIpc) is 2.05. The number of benzene rings is 1. The van der Waals surface area contributed by atoms with Crippen molar-refractivity contribution in [3.05, 3.63) is 34.3 Å². The Morgan fingerprint density at radius 2 is 2.25 bits per heavy atom. The van der Waals surface area contributed by atoms with Crippen molar-refractivity contribution in [3.63, 3.8) is 0 Å². The molecule has 0 radical (unpaired) electrons. The maximum absolute atomic E-state index is 12.4. The zero-order chi connectivity index (χ0) is 8.97. The summed E-state index contributed by atoms with van der Waals surface area (Å²) in [6.45, 7) is -0.406. The molecule has 0 spiro atoms. The van der Waals surface area contributed by atoms with Crippen LogP contribution >= 0.6 is 11.6 Å². The Kier molecular flexibility index (Phi) is 3.47. The zero-order valence-corrected chi connectivity index (χ0v) is 7.11. The lowest BCUT2D eigenvalue weighted by Gasteiger charge is -2.06. The molecule has 0 aliphatic rings. The van der Waals surface area contributed by atoms with Gasteiger partial charge in [0.2, 0.25) is 0 Å². The van der Waals surface area contributed by atoms with E-state index in [1.165, 1.54) is 0 Å². The second-order valence-electron chi connectivity index (χ2n) is 2.35. The molecule has 0 saturated heterocycles. The third-order valence-corrected chi connectivity index (χ3v) is 1.97. The van der Waals surface area contributed by atoms with Gasteiger partial charge >= 0.3 is 0 Å². The summed E-state index contributed by atoms with van der Waals surface area (Å²) in [5.41, 5.74) is 3.07. The van der Waals surface area contributed by atoms with E-state index in [4.69, 9.17) is 16.8 Å². The van der Waals surface area contributed by atoms with Crippen LogP contribution < -0.4 is 5.48 Å². The van der Waals surface area contributed by atoms with Crippen molar-refractivity contribution in [1.29, 1.82) is 0 Å². The van der Waals surface area contributed by atoms with Crippen LogP contribution in [0.3, 0.4) is 0 Å². The first-order valence-electron chi connectivity index (χ1n) is 3.48. The molecule has 0 amide bonds. The highest BCUT2D eigenvalue weighted by atomic mass is 35.5. The molecule has 0 aliphatic carbocycles. The Balaban J connectivity index is 3.00. The first kappa shape index (κ1) is 9.45. The van der Waals surface area contributed by atoms with Crippen molar-refractivity contribution in [2.45, 2.75) is 13.2 Å². The molecule has 66 valence electrons. The predicted molar refractivity (Wildman–Crippen MR) is 44.9 cm³/mol. The quantitative estimate of drug-likeness (QED) is 0.716. The molecular formula is C8H9ClFNO. The Morgan fingerprint density at radius 1 is 1.50 bits per heavy atom. The Labute approximate surface area is 74.9 Å². The predicted octanol–water partition coefficient (Wildman–Crippen LogP) is 2.29. The Morgan fingerprint density at radius 3 is 2.83 bits per heavy atom. The van der Waals surface area contributed by atoms with Gasteiger partial charge in [0.25, 0.3) is 0 Å². The molecule has 1 rings (SSSR count). The van der Waals surface area contributed by atoms with E-state index in [1.54, 1.807) is 18.2 Å². The number of nitrogens with one attached hydrogen (secondary N) is 1. The fourth-order valence-electron chi connectivity index (χ4n) is 1.00. The van der Waals surface area contributed by atoms with Gasteiger partial charge < -0.3 is 5.21 Å². The lowest BCUT2D eigenvalue weighted by molar-refractivity contribution is 0.161. The maximum atomic E-state index is 12.4. The minimum absolute atomic E-state index is 0.208. The summed E-state index contributed by atoms with van der Waals surface area (Å²) in [5, 5.41) is 8.81. The molecule has 12 heavy (non-hydrogen) atoms. The minimum atomic E-state index is -0.614. The molecule has 0 aromatic heterocycles. The first-order chi connectivity index (χ1) is 5.79.